The Kier molecular flexibility index (Phi) is 3.84. The van der Waals surface area contributed by atoms with Crippen molar-refractivity contribution < 1.29 is 14.3 Å². The molecule has 0 aliphatic rings. The number of benzene rings is 1. The van der Waals surface area contributed by atoms with Crippen molar-refractivity contribution >= 4 is 17.3 Å². The molecule has 0 atom stereocenters. The fraction of sp³-hybridized carbons (Fsp3) is 0.214. The molecule has 1 aromatic carbocycles. The molecular weight excluding hydrogens is 258 g/mol. The second-order valence-electron chi connectivity index (χ2n) is 4.32. The summed E-state index contributed by atoms with van der Waals surface area (Å²) in [5.41, 5.74) is 8.01. The summed E-state index contributed by atoms with van der Waals surface area (Å²) < 4.78 is 10.4. The molecule has 0 aliphatic carbocycles. The quantitative estimate of drug-likeness (QED) is 0.797. The average molecular weight is 275 g/mol. The Labute approximate surface area is 116 Å². The molecule has 6 heteroatoms. The first kappa shape index (κ1) is 13.8. The number of carbonyl (C=O) groups excluding carboxylic acids is 1. The van der Waals surface area contributed by atoms with Crippen LogP contribution in [0.4, 0.5) is 11.4 Å². The SMILES string of the molecule is COc1cc(C)c(NC(=O)c2cc(N)c[nH]2)cc1OC. The van der Waals surface area contributed by atoms with Crippen molar-refractivity contribution in [2.75, 3.05) is 25.3 Å². The zero-order chi connectivity index (χ0) is 14.7. The first-order valence-electron chi connectivity index (χ1n) is 6.03. The van der Waals surface area contributed by atoms with Gasteiger partial charge in [0, 0.05) is 23.6 Å². The molecule has 0 saturated carbocycles. The monoisotopic (exact) mass is 275 g/mol. The summed E-state index contributed by atoms with van der Waals surface area (Å²) in [6.07, 6.45) is 1.57. The minimum Gasteiger partial charge on any atom is -0.493 e. The smallest absolute Gasteiger partial charge is 0.272 e. The Morgan fingerprint density at radius 2 is 1.85 bits per heavy atom. The van der Waals surface area contributed by atoms with Crippen LogP contribution in [0.5, 0.6) is 11.5 Å². The summed E-state index contributed by atoms with van der Waals surface area (Å²) in [6.45, 7) is 1.88. The van der Waals surface area contributed by atoms with Crippen LogP contribution >= 0.6 is 0 Å². The van der Waals surface area contributed by atoms with E-state index in [0.717, 1.165) is 5.56 Å². The van der Waals surface area contributed by atoms with E-state index in [1.165, 1.54) is 0 Å². The van der Waals surface area contributed by atoms with Crippen LogP contribution in [0.3, 0.4) is 0 Å². The van der Waals surface area contributed by atoms with Crippen molar-refractivity contribution in [3.63, 3.8) is 0 Å². The van der Waals surface area contributed by atoms with E-state index in [9.17, 15) is 4.79 Å². The molecule has 2 aromatic rings. The number of H-pyrrole nitrogens is 1. The van der Waals surface area contributed by atoms with E-state index in [0.29, 0.717) is 28.6 Å². The topological polar surface area (TPSA) is 89.4 Å². The van der Waals surface area contributed by atoms with Crippen molar-refractivity contribution in [2.24, 2.45) is 0 Å². The van der Waals surface area contributed by atoms with Crippen LogP contribution < -0.4 is 20.5 Å². The maximum atomic E-state index is 12.1. The number of nitrogens with two attached hydrogens (primary N) is 1. The molecule has 0 saturated heterocycles. The number of aromatic amines is 1. The van der Waals surface area contributed by atoms with Gasteiger partial charge in [-0.25, -0.2) is 0 Å². The standard InChI is InChI=1S/C14H17N3O3/c1-8-4-12(19-2)13(20-3)6-10(8)17-14(18)11-5-9(15)7-16-11/h4-7,16H,15H2,1-3H3,(H,17,18). The molecule has 106 valence electrons. The van der Waals surface area contributed by atoms with Crippen LogP contribution in [-0.2, 0) is 0 Å². The molecule has 0 unspecified atom stereocenters. The van der Waals surface area contributed by atoms with Crippen LogP contribution in [0.25, 0.3) is 0 Å². The van der Waals surface area contributed by atoms with Gasteiger partial charge in [0.25, 0.3) is 5.91 Å². The number of nitrogen functional groups attached to an aromatic ring is 1. The van der Waals surface area contributed by atoms with E-state index in [1.54, 1.807) is 38.6 Å². The Bertz CT molecular complexity index is 635. The van der Waals surface area contributed by atoms with Gasteiger partial charge in [0.05, 0.1) is 14.2 Å². The van der Waals surface area contributed by atoms with Crippen molar-refractivity contribution in [1.29, 1.82) is 0 Å². The molecule has 1 amide bonds. The fourth-order valence-electron chi connectivity index (χ4n) is 1.85. The molecule has 6 nitrogen and oxygen atoms in total. The van der Waals surface area contributed by atoms with Crippen LogP contribution in [0, 0.1) is 6.92 Å². The number of hydrogen-bond donors (Lipinski definition) is 3. The van der Waals surface area contributed by atoms with Gasteiger partial charge >= 0.3 is 0 Å². The highest BCUT2D eigenvalue weighted by Gasteiger charge is 2.13. The van der Waals surface area contributed by atoms with Crippen molar-refractivity contribution in [2.45, 2.75) is 6.92 Å². The average Bonchev–Trinajstić information content (AvgIpc) is 2.87. The molecule has 0 fully saturated rings. The Balaban J connectivity index is 2.27. The van der Waals surface area contributed by atoms with E-state index < -0.39 is 0 Å². The number of rotatable bonds is 4. The predicted octanol–water partition coefficient (Wildman–Crippen LogP) is 2.17. The first-order valence-corrected chi connectivity index (χ1v) is 6.03. The molecule has 2 rings (SSSR count). The summed E-state index contributed by atoms with van der Waals surface area (Å²) in [5.74, 6) is 0.906. The van der Waals surface area contributed by atoms with Gasteiger partial charge in [-0.05, 0) is 24.6 Å². The van der Waals surface area contributed by atoms with Gasteiger partial charge in [0.15, 0.2) is 11.5 Å². The zero-order valence-corrected chi connectivity index (χ0v) is 11.6. The fourth-order valence-corrected chi connectivity index (χ4v) is 1.85. The number of anilines is 2. The highest BCUT2D eigenvalue weighted by molar-refractivity contribution is 6.04. The van der Waals surface area contributed by atoms with Gasteiger partial charge in [0.2, 0.25) is 0 Å². The normalized spacial score (nSPS) is 10.2. The summed E-state index contributed by atoms with van der Waals surface area (Å²) in [6, 6.07) is 5.10. The summed E-state index contributed by atoms with van der Waals surface area (Å²) in [5, 5.41) is 2.80. The third-order valence-electron chi connectivity index (χ3n) is 2.93. The van der Waals surface area contributed by atoms with Gasteiger partial charge in [-0.15, -0.1) is 0 Å². The summed E-state index contributed by atoms with van der Waals surface area (Å²) in [4.78, 5) is 14.9. The molecule has 1 heterocycles. The highest BCUT2D eigenvalue weighted by Crippen LogP contribution is 2.33. The molecule has 0 aliphatic heterocycles. The number of hydrogen-bond acceptors (Lipinski definition) is 4. The lowest BCUT2D eigenvalue weighted by Crippen LogP contribution is -2.13. The van der Waals surface area contributed by atoms with E-state index in [1.807, 2.05) is 6.92 Å². The van der Waals surface area contributed by atoms with Crippen molar-refractivity contribution in [3.05, 3.63) is 35.7 Å². The number of aromatic nitrogens is 1. The van der Waals surface area contributed by atoms with Crippen LogP contribution in [0.2, 0.25) is 0 Å². The van der Waals surface area contributed by atoms with Crippen LogP contribution in [0.15, 0.2) is 24.4 Å². The predicted molar refractivity (Wildman–Crippen MR) is 77.4 cm³/mol. The minimum absolute atomic E-state index is 0.267. The Morgan fingerprint density at radius 1 is 1.20 bits per heavy atom. The first-order chi connectivity index (χ1) is 9.55. The molecule has 1 aromatic heterocycles. The van der Waals surface area contributed by atoms with E-state index in [2.05, 4.69) is 10.3 Å². The Hall–Kier alpha value is -2.63. The maximum Gasteiger partial charge on any atom is 0.272 e. The lowest BCUT2D eigenvalue weighted by molar-refractivity contribution is 0.102. The largest absolute Gasteiger partial charge is 0.493 e. The van der Waals surface area contributed by atoms with Crippen LogP contribution in [-0.4, -0.2) is 25.1 Å². The minimum atomic E-state index is -0.267. The van der Waals surface area contributed by atoms with Gasteiger partial charge in [-0.2, -0.15) is 0 Å². The molecule has 0 spiro atoms. The zero-order valence-electron chi connectivity index (χ0n) is 11.6. The van der Waals surface area contributed by atoms with Crippen LogP contribution in [0.1, 0.15) is 16.1 Å². The number of nitrogens with one attached hydrogen (secondary N) is 2. The van der Waals surface area contributed by atoms with E-state index in [4.69, 9.17) is 15.2 Å². The summed E-state index contributed by atoms with van der Waals surface area (Å²) >= 11 is 0. The summed E-state index contributed by atoms with van der Waals surface area (Å²) in [7, 11) is 3.11. The Morgan fingerprint density at radius 3 is 2.40 bits per heavy atom. The molecule has 4 N–H and O–H groups in total. The number of carbonyl (C=O) groups is 1. The van der Waals surface area contributed by atoms with E-state index in [-0.39, 0.29) is 5.91 Å². The van der Waals surface area contributed by atoms with Crippen molar-refractivity contribution in [1.82, 2.24) is 4.98 Å². The van der Waals surface area contributed by atoms with Gasteiger partial charge in [-0.3, -0.25) is 4.79 Å². The molecule has 20 heavy (non-hydrogen) atoms. The number of aryl methyl sites for hydroxylation is 1. The molecule has 0 bridgehead atoms. The van der Waals surface area contributed by atoms with Gasteiger partial charge in [0.1, 0.15) is 5.69 Å². The second kappa shape index (κ2) is 5.56. The lowest BCUT2D eigenvalue weighted by Gasteiger charge is -2.13. The third kappa shape index (κ3) is 2.69. The van der Waals surface area contributed by atoms with Gasteiger partial charge < -0.3 is 25.5 Å². The second-order valence-corrected chi connectivity index (χ2v) is 4.32. The maximum absolute atomic E-state index is 12.1. The third-order valence-corrected chi connectivity index (χ3v) is 2.93. The lowest BCUT2D eigenvalue weighted by atomic mass is 10.1. The molecular formula is C14H17N3O3. The number of methoxy groups -OCH3 is 2. The highest BCUT2D eigenvalue weighted by atomic mass is 16.5. The van der Waals surface area contributed by atoms with E-state index >= 15 is 0 Å². The number of amides is 1. The van der Waals surface area contributed by atoms with Gasteiger partial charge in [-0.1, -0.05) is 0 Å². The van der Waals surface area contributed by atoms with Crippen molar-refractivity contribution in [3.8, 4) is 11.5 Å². The number of ether oxygens (including phenoxy) is 2. The molecule has 0 radical (unpaired) electrons.